The summed E-state index contributed by atoms with van der Waals surface area (Å²) in [6.45, 7) is 0. The molecule has 0 radical (unpaired) electrons. The third-order valence-electron chi connectivity index (χ3n) is 3.49. The van der Waals surface area contributed by atoms with Crippen molar-refractivity contribution in [3.63, 3.8) is 0 Å². The van der Waals surface area contributed by atoms with E-state index >= 15 is 0 Å². The minimum Gasteiger partial charge on any atom is -0.302 e. The molecular formula is C17H15ClN2O3S2. The van der Waals surface area contributed by atoms with E-state index in [0.717, 1.165) is 4.70 Å². The maximum atomic E-state index is 12.1. The first-order valence-corrected chi connectivity index (χ1v) is 10.5. The first kappa shape index (κ1) is 17.8. The van der Waals surface area contributed by atoms with Crippen LogP contribution < -0.4 is 5.32 Å². The zero-order chi connectivity index (χ0) is 17.9. The highest BCUT2D eigenvalue weighted by atomic mass is 35.5. The summed E-state index contributed by atoms with van der Waals surface area (Å²) in [5, 5.41) is 3.56. The van der Waals surface area contributed by atoms with Crippen LogP contribution in [0.25, 0.3) is 10.2 Å². The third-order valence-corrected chi connectivity index (χ3v) is 6.33. The number of nitrogens with zero attached hydrogens (tertiary/aromatic N) is 1. The Balaban J connectivity index is 1.59. The van der Waals surface area contributed by atoms with Gasteiger partial charge in [-0.1, -0.05) is 59.3 Å². The number of hydrogen-bond donors (Lipinski definition) is 1. The summed E-state index contributed by atoms with van der Waals surface area (Å²) < 4.78 is 25.1. The van der Waals surface area contributed by atoms with E-state index < -0.39 is 9.84 Å². The molecule has 1 N–H and O–H groups in total. The standard InChI is InChI=1S/C17H15ClN2O3S2/c18-13-7-4-8-14-16(13)20-17(24-14)19-15(21)9-10-25(22,23)11-12-5-2-1-3-6-12/h1-8H,9-11H2,(H,19,20,21). The molecule has 1 aromatic heterocycles. The van der Waals surface area contributed by atoms with Gasteiger partial charge in [-0.2, -0.15) is 0 Å². The van der Waals surface area contributed by atoms with Crippen molar-refractivity contribution in [2.24, 2.45) is 0 Å². The van der Waals surface area contributed by atoms with E-state index in [4.69, 9.17) is 11.6 Å². The number of carbonyl (C=O) groups is 1. The molecule has 0 atom stereocenters. The van der Waals surface area contributed by atoms with Gasteiger partial charge in [0.25, 0.3) is 0 Å². The number of rotatable bonds is 6. The van der Waals surface area contributed by atoms with Gasteiger partial charge in [0.05, 0.1) is 21.2 Å². The van der Waals surface area contributed by atoms with Gasteiger partial charge in [-0.3, -0.25) is 4.79 Å². The van der Waals surface area contributed by atoms with E-state index in [0.29, 0.717) is 21.2 Å². The van der Waals surface area contributed by atoms with Crippen molar-refractivity contribution < 1.29 is 13.2 Å². The number of anilines is 1. The zero-order valence-electron chi connectivity index (χ0n) is 13.1. The number of carbonyl (C=O) groups excluding carboxylic acids is 1. The quantitative estimate of drug-likeness (QED) is 0.688. The topological polar surface area (TPSA) is 76.1 Å². The Hall–Kier alpha value is -1.96. The van der Waals surface area contributed by atoms with Crippen LogP contribution in [0.15, 0.2) is 48.5 Å². The number of halogens is 1. The van der Waals surface area contributed by atoms with Crippen molar-refractivity contribution in [1.82, 2.24) is 4.98 Å². The molecule has 3 aromatic rings. The fraction of sp³-hybridized carbons (Fsp3) is 0.176. The molecule has 2 aromatic carbocycles. The highest BCUT2D eigenvalue weighted by Gasteiger charge is 2.16. The van der Waals surface area contributed by atoms with Crippen LogP contribution in [0.3, 0.4) is 0 Å². The predicted molar refractivity (Wildman–Crippen MR) is 102 cm³/mol. The maximum absolute atomic E-state index is 12.1. The van der Waals surface area contributed by atoms with E-state index in [-0.39, 0.29) is 23.8 Å². The van der Waals surface area contributed by atoms with Crippen LogP contribution >= 0.6 is 22.9 Å². The molecule has 0 saturated carbocycles. The second-order valence-electron chi connectivity index (χ2n) is 5.48. The lowest BCUT2D eigenvalue weighted by atomic mass is 10.2. The second-order valence-corrected chi connectivity index (χ2v) is 9.10. The largest absolute Gasteiger partial charge is 0.302 e. The summed E-state index contributed by atoms with van der Waals surface area (Å²) in [6.07, 6.45) is -0.112. The van der Waals surface area contributed by atoms with E-state index in [1.165, 1.54) is 11.3 Å². The molecule has 3 rings (SSSR count). The maximum Gasteiger partial charge on any atom is 0.227 e. The Labute approximate surface area is 154 Å². The molecule has 0 spiro atoms. The molecule has 130 valence electrons. The van der Waals surface area contributed by atoms with Gasteiger partial charge in [0, 0.05) is 6.42 Å². The van der Waals surface area contributed by atoms with Crippen LogP contribution in [0.5, 0.6) is 0 Å². The molecule has 8 heteroatoms. The smallest absolute Gasteiger partial charge is 0.227 e. The van der Waals surface area contributed by atoms with Gasteiger partial charge >= 0.3 is 0 Å². The van der Waals surface area contributed by atoms with Crippen LogP contribution in [0.4, 0.5) is 5.13 Å². The zero-order valence-corrected chi connectivity index (χ0v) is 15.5. The average Bonchev–Trinajstić information content (AvgIpc) is 2.98. The molecule has 0 aliphatic rings. The van der Waals surface area contributed by atoms with Crippen LogP contribution in [0, 0.1) is 0 Å². The number of sulfone groups is 1. The average molecular weight is 395 g/mol. The second kappa shape index (κ2) is 7.51. The molecule has 25 heavy (non-hydrogen) atoms. The Kier molecular flexibility index (Phi) is 5.36. The molecule has 0 aliphatic heterocycles. The molecule has 1 amide bonds. The molecular weight excluding hydrogens is 380 g/mol. The molecule has 0 saturated heterocycles. The lowest BCUT2D eigenvalue weighted by Crippen LogP contribution is -2.18. The number of fused-ring (bicyclic) bond motifs is 1. The fourth-order valence-electron chi connectivity index (χ4n) is 2.30. The van der Waals surface area contributed by atoms with Gasteiger partial charge in [0.1, 0.15) is 5.52 Å². The number of aromatic nitrogens is 1. The lowest BCUT2D eigenvalue weighted by molar-refractivity contribution is -0.115. The molecule has 0 bridgehead atoms. The van der Waals surface area contributed by atoms with E-state index in [1.807, 2.05) is 18.2 Å². The Morgan fingerprint density at radius 3 is 2.60 bits per heavy atom. The van der Waals surface area contributed by atoms with Crippen molar-refractivity contribution in [1.29, 1.82) is 0 Å². The summed E-state index contributed by atoms with van der Waals surface area (Å²) in [4.78, 5) is 16.3. The van der Waals surface area contributed by atoms with Crippen molar-refractivity contribution in [3.05, 3.63) is 59.1 Å². The van der Waals surface area contributed by atoms with Gasteiger partial charge in [0.15, 0.2) is 15.0 Å². The van der Waals surface area contributed by atoms with Crippen LogP contribution in [0.2, 0.25) is 5.02 Å². The number of amides is 1. The summed E-state index contributed by atoms with van der Waals surface area (Å²) in [5.74, 6) is -0.663. The van der Waals surface area contributed by atoms with Gasteiger partial charge in [-0.25, -0.2) is 13.4 Å². The van der Waals surface area contributed by atoms with Gasteiger partial charge in [0.2, 0.25) is 5.91 Å². The Morgan fingerprint density at radius 2 is 1.88 bits per heavy atom. The van der Waals surface area contributed by atoms with Crippen LogP contribution in [-0.2, 0) is 20.4 Å². The first-order valence-electron chi connectivity index (χ1n) is 7.52. The first-order chi connectivity index (χ1) is 11.9. The van der Waals surface area contributed by atoms with Gasteiger partial charge < -0.3 is 5.32 Å². The van der Waals surface area contributed by atoms with E-state index in [9.17, 15) is 13.2 Å². The normalized spacial score (nSPS) is 11.6. The van der Waals surface area contributed by atoms with Crippen LogP contribution in [-0.4, -0.2) is 25.1 Å². The van der Waals surface area contributed by atoms with Crippen molar-refractivity contribution >= 4 is 54.0 Å². The Morgan fingerprint density at radius 1 is 1.12 bits per heavy atom. The fourth-order valence-corrected chi connectivity index (χ4v) is 4.82. The number of benzene rings is 2. The summed E-state index contributed by atoms with van der Waals surface area (Å²) in [5.41, 5.74) is 1.34. The van der Waals surface area contributed by atoms with Crippen molar-refractivity contribution in [3.8, 4) is 0 Å². The summed E-state index contributed by atoms with van der Waals surface area (Å²) in [6, 6.07) is 14.3. The van der Waals surface area contributed by atoms with E-state index in [1.54, 1.807) is 30.3 Å². The third kappa shape index (κ3) is 4.78. The number of nitrogens with one attached hydrogen (secondary N) is 1. The highest BCUT2D eigenvalue weighted by molar-refractivity contribution is 7.90. The molecule has 0 aliphatic carbocycles. The van der Waals surface area contributed by atoms with Crippen molar-refractivity contribution in [2.75, 3.05) is 11.1 Å². The van der Waals surface area contributed by atoms with Crippen LogP contribution in [0.1, 0.15) is 12.0 Å². The lowest BCUT2D eigenvalue weighted by Gasteiger charge is -2.04. The number of hydrogen-bond acceptors (Lipinski definition) is 5. The SMILES string of the molecule is O=C(CCS(=O)(=O)Cc1ccccc1)Nc1nc2c(Cl)cccc2s1. The number of thiazole rings is 1. The summed E-state index contributed by atoms with van der Waals surface area (Å²) in [7, 11) is -3.35. The monoisotopic (exact) mass is 394 g/mol. The number of para-hydroxylation sites is 1. The minimum absolute atomic E-state index is 0.0716. The minimum atomic E-state index is -3.35. The van der Waals surface area contributed by atoms with Gasteiger partial charge in [-0.15, -0.1) is 0 Å². The summed E-state index contributed by atoms with van der Waals surface area (Å²) >= 11 is 7.36. The molecule has 1 heterocycles. The van der Waals surface area contributed by atoms with E-state index in [2.05, 4.69) is 10.3 Å². The molecule has 0 unspecified atom stereocenters. The highest BCUT2D eigenvalue weighted by Crippen LogP contribution is 2.30. The molecule has 5 nitrogen and oxygen atoms in total. The molecule has 0 fully saturated rings. The Bertz CT molecular complexity index is 1000. The predicted octanol–water partition coefficient (Wildman–Crippen LogP) is 3.89. The van der Waals surface area contributed by atoms with Crippen molar-refractivity contribution in [2.45, 2.75) is 12.2 Å². The van der Waals surface area contributed by atoms with Gasteiger partial charge in [-0.05, 0) is 17.7 Å².